The second-order valence-corrected chi connectivity index (χ2v) is 6.10. The number of rotatable bonds is 4. The number of benzene rings is 1. The lowest BCUT2D eigenvalue weighted by atomic mass is 9.94. The Morgan fingerprint density at radius 2 is 1.77 bits per heavy atom. The third-order valence-electron chi connectivity index (χ3n) is 4.40. The predicted octanol–water partition coefficient (Wildman–Crippen LogP) is 1.85. The number of para-hydroxylation sites is 1. The number of likely N-dealkylation sites (tertiary alicyclic amines) is 1. The smallest absolute Gasteiger partial charge is 0.227 e. The van der Waals surface area contributed by atoms with Gasteiger partial charge in [0.2, 0.25) is 11.8 Å². The molecule has 0 bridgehead atoms. The lowest BCUT2D eigenvalue weighted by Gasteiger charge is -2.33. The average Bonchev–Trinajstić information content (AvgIpc) is 2.54. The Bertz CT molecular complexity index is 508. The summed E-state index contributed by atoms with van der Waals surface area (Å²) >= 11 is 0. The van der Waals surface area contributed by atoms with Crippen LogP contribution in [0.5, 0.6) is 0 Å². The number of piperidine rings is 1. The summed E-state index contributed by atoms with van der Waals surface area (Å²) in [5.41, 5.74) is 6.61. The number of carbonyl (C=O) groups is 2. The Balaban J connectivity index is 1.84. The van der Waals surface area contributed by atoms with Gasteiger partial charge in [-0.3, -0.25) is 9.59 Å². The molecule has 1 aromatic rings. The first-order valence-corrected chi connectivity index (χ1v) is 7.89. The van der Waals surface area contributed by atoms with Crippen LogP contribution >= 0.6 is 0 Å². The van der Waals surface area contributed by atoms with Crippen molar-refractivity contribution in [2.45, 2.75) is 32.7 Å². The fraction of sp³-hybridized carbons (Fsp3) is 0.529. The van der Waals surface area contributed by atoms with Crippen LogP contribution in [0.2, 0.25) is 0 Å². The van der Waals surface area contributed by atoms with Crippen molar-refractivity contribution in [1.82, 2.24) is 4.90 Å². The summed E-state index contributed by atoms with van der Waals surface area (Å²) in [7, 11) is 0. The Kier molecular flexibility index (Phi) is 5.55. The van der Waals surface area contributed by atoms with Crippen LogP contribution in [0, 0.1) is 11.8 Å². The van der Waals surface area contributed by atoms with Crippen LogP contribution in [0.3, 0.4) is 0 Å². The predicted molar refractivity (Wildman–Crippen MR) is 87.2 cm³/mol. The Morgan fingerprint density at radius 3 is 2.32 bits per heavy atom. The molecular formula is C17H25N3O2. The van der Waals surface area contributed by atoms with Gasteiger partial charge in [-0.2, -0.15) is 0 Å². The van der Waals surface area contributed by atoms with Gasteiger partial charge in [0.15, 0.2) is 0 Å². The van der Waals surface area contributed by atoms with Crippen LogP contribution < -0.4 is 11.1 Å². The summed E-state index contributed by atoms with van der Waals surface area (Å²) in [6.07, 6.45) is 1.41. The van der Waals surface area contributed by atoms with Crippen molar-refractivity contribution in [2.24, 2.45) is 17.6 Å². The van der Waals surface area contributed by atoms with Crippen molar-refractivity contribution >= 4 is 17.5 Å². The average molecular weight is 303 g/mol. The molecule has 2 atom stereocenters. The Labute approximate surface area is 131 Å². The van der Waals surface area contributed by atoms with E-state index in [4.69, 9.17) is 5.73 Å². The van der Waals surface area contributed by atoms with E-state index in [0.717, 1.165) is 5.69 Å². The van der Waals surface area contributed by atoms with Gasteiger partial charge in [-0.15, -0.1) is 0 Å². The van der Waals surface area contributed by atoms with Gasteiger partial charge in [0.05, 0.1) is 5.92 Å². The largest absolute Gasteiger partial charge is 0.342 e. The molecule has 5 heteroatoms. The van der Waals surface area contributed by atoms with Gasteiger partial charge in [-0.1, -0.05) is 25.1 Å². The minimum Gasteiger partial charge on any atom is -0.342 e. The molecule has 2 amide bonds. The quantitative estimate of drug-likeness (QED) is 0.891. The molecule has 2 rings (SSSR count). The maximum absolute atomic E-state index is 12.3. The number of hydrogen-bond donors (Lipinski definition) is 2. The van der Waals surface area contributed by atoms with Gasteiger partial charge in [0.25, 0.3) is 0 Å². The highest BCUT2D eigenvalue weighted by atomic mass is 16.2. The topological polar surface area (TPSA) is 75.4 Å². The normalized spacial score (nSPS) is 18.6. The second kappa shape index (κ2) is 7.40. The molecule has 0 radical (unpaired) electrons. The van der Waals surface area contributed by atoms with Gasteiger partial charge in [0, 0.05) is 30.7 Å². The van der Waals surface area contributed by atoms with E-state index in [-0.39, 0.29) is 29.7 Å². The zero-order valence-corrected chi connectivity index (χ0v) is 13.3. The molecule has 0 aliphatic carbocycles. The molecule has 1 heterocycles. The summed E-state index contributed by atoms with van der Waals surface area (Å²) in [5, 5.41) is 2.93. The van der Waals surface area contributed by atoms with Crippen molar-refractivity contribution < 1.29 is 9.59 Å². The van der Waals surface area contributed by atoms with Gasteiger partial charge in [0.1, 0.15) is 0 Å². The summed E-state index contributed by atoms with van der Waals surface area (Å²) in [4.78, 5) is 26.3. The van der Waals surface area contributed by atoms with E-state index in [1.165, 1.54) is 0 Å². The first-order chi connectivity index (χ1) is 10.5. The standard InChI is InChI=1S/C17H25N3O2/c1-12(13(2)18)17(22)20-10-8-14(9-11-20)16(21)19-15-6-4-3-5-7-15/h3-7,12-14H,8-11,18H2,1-2H3,(H,19,21). The number of carbonyl (C=O) groups excluding carboxylic acids is 2. The zero-order valence-electron chi connectivity index (χ0n) is 13.3. The molecule has 22 heavy (non-hydrogen) atoms. The maximum atomic E-state index is 12.3. The first kappa shape index (κ1) is 16.5. The van der Waals surface area contributed by atoms with E-state index in [1.807, 2.05) is 49.1 Å². The van der Waals surface area contributed by atoms with Crippen molar-refractivity contribution in [3.63, 3.8) is 0 Å². The molecule has 0 saturated carbocycles. The van der Waals surface area contributed by atoms with Crippen molar-refractivity contribution in [2.75, 3.05) is 18.4 Å². The third-order valence-corrected chi connectivity index (χ3v) is 4.40. The molecule has 2 unspecified atom stereocenters. The molecule has 1 saturated heterocycles. The van der Waals surface area contributed by atoms with Gasteiger partial charge >= 0.3 is 0 Å². The minimum atomic E-state index is -0.172. The van der Waals surface area contributed by atoms with E-state index in [0.29, 0.717) is 25.9 Å². The molecule has 1 fully saturated rings. The van der Waals surface area contributed by atoms with Crippen molar-refractivity contribution in [3.8, 4) is 0 Å². The van der Waals surface area contributed by atoms with Gasteiger partial charge in [-0.05, 0) is 31.9 Å². The van der Waals surface area contributed by atoms with Crippen molar-refractivity contribution in [3.05, 3.63) is 30.3 Å². The van der Waals surface area contributed by atoms with Crippen molar-refractivity contribution in [1.29, 1.82) is 0 Å². The number of anilines is 1. The number of nitrogens with zero attached hydrogens (tertiary/aromatic N) is 1. The highest BCUT2D eigenvalue weighted by molar-refractivity contribution is 5.92. The fourth-order valence-electron chi connectivity index (χ4n) is 2.64. The Morgan fingerprint density at radius 1 is 1.18 bits per heavy atom. The highest BCUT2D eigenvalue weighted by Crippen LogP contribution is 2.21. The summed E-state index contributed by atoms with van der Waals surface area (Å²) in [6, 6.07) is 9.31. The van der Waals surface area contributed by atoms with Crippen LogP contribution in [-0.4, -0.2) is 35.8 Å². The highest BCUT2D eigenvalue weighted by Gasteiger charge is 2.30. The maximum Gasteiger partial charge on any atom is 0.227 e. The molecular weight excluding hydrogens is 278 g/mol. The van der Waals surface area contributed by atoms with Crippen LogP contribution in [0.4, 0.5) is 5.69 Å². The van der Waals surface area contributed by atoms with Gasteiger partial charge in [-0.25, -0.2) is 0 Å². The molecule has 3 N–H and O–H groups in total. The summed E-state index contributed by atoms with van der Waals surface area (Å²) in [5.74, 6) is -0.0694. The minimum absolute atomic E-state index is 0.0325. The van der Waals surface area contributed by atoms with E-state index < -0.39 is 0 Å². The molecule has 120 valence electrons. The number of nitrogens with two attached hydrogens (primary N) is 1. The number of amides is 2. The summed E-state index contributed by atoms with van der Waals surface area (Å²) < 4.78 is 0. The molecule has 1 aliphatic rings. The zero-order chi connectivity index (χ0) is 16.1. The number of nitrogens with one attached hydrogen (secondary N) is 1. The van der Waals surface area contributed by atoms with Crippen LogP contribution in [0.25, 0.3) is 0 Å². The molecule has 1 aliphatic heterocycles. The number of hydrogen-bond acceptors (Lipinski definition) is 3. The summed E-state index contributed by atoms with van der Waals surface area (Å²) in [6.45, 7) is 4.97. The third kappa shape index (κ3) is 4.07. The molecule has 0 spiro atoms. The van der Waals surface area contributed by atoms with Crippen LogP contribution in [0.1, 0.15) is 26.7 Å². The first-order valence-electron chi connectivity index (χ1n) is 7.89. The lowest BCUT2D eigenvalue weighted by molar-refractivity contribution is -0.138. The Hall–Kier alpha value is -1.88. The van der Waals surface area contributed by atoms with Crippen LogP contribution in [0.15, 0.2) is 30.3 Å². The second-order valence-electron chi connectivity index (χ2n) is 6.10. The monoisotopic (exact) mass is 303 g/mol. The SMILES string of the molecule is CC(N)C(C)C(=O)N1CCC(C(=O)Nc2ccccc2)CC1. The van der Waals surface area contributed by atoms with E-state index in [9.17, 15) is 9.59 Å². The van der Waals surface area contributed by atoms with E-state index >= 15 is 0 Å². The lowest BCUT2D eigenvalue weighted by Crippen LogP contribution is -2.46. The fourth-order valence-corrected chi connectivity index (χ4v) is 2.64. The molecule has 1 aromatic carbocycles. The molecule has 5 nitrogen and oxygen atoms in total. The van der Waals surface area contributed by atoms with E-state index in [2.05, 4.69) is 5.32 Å². The molecule has 0 aromatic heterocycles. The van der Waals surface area contributed by atoms with Gasteiger partial charge < -0.3 is 16.0 Å². The van der Waals surface area contributed by atoms with E-state index in [1.54, 1.807) is 0 Å². The van der Waals surface area contributed by atoms with Crippen LogP contribution in [-0.2, 0) is 9.59 Å².